The SMILES string of the molecule is COc1cccc(C23CCN(CC4CC4)CC2(O)Cc2c([nH]c4ccc(F)cc24)C3)c1. The van der Waals surface area contributed by atoms with E-state index in [1.54, 1.807) is 13.2 Å². The van der Waals surface area contributed by atoms with Crippen molar-refractivity contribution in [1.29, 1.82) is 0 Å². The molecular weight excluding hydrogens is 391 g/mol. The summed E-state index contributed by atoms with van der Waals surface area (Å²) in [5.74, 6) is 1.37. The molecule has 2 aliphatic carbocycles. The second kappa shape index (κ2) is 6.81. The Hall–Kier alpha value is -2.37. The number of hydrogen-bond acceptors (Lipinski definition) is 3. The first-order valence-corrected chi connectivity index (χ1v) is 11.4. The van der Waals surface area contributed by atoms with Gasteiger partial charge in [0, 0.05) is 47.9 Å². The van der Waals surface area contributed by atoms with Crippen LogP contribution in [0.1, 0.15) is 36.1 Å². The number of ether oxygens (including phenoxy) is 1. The zero-order valence-corrected chi connectivity index (χ0v) is 18.0. The molecule has 2 aromatic carbocycles. The van der Waals surface area contributed by atoms with E-state index < -0.39 is 11.0 Å². The molecule has 2 atom stereocenters. The maximum atomic E-state index is 14.1. The Balaban J connectivity index is 1.49. The number of nitrogens with zero attached hydrogens (tertiary/aromatic N) is 1. The first-order chi connectivity index (χ1) is 15.0. The highest BCUT2D eigenvalue weighted by molar-refractivity contribution is 5.85. The van der Waals surface area contributed by atoms with E-state index in [1.165, 1.54) is 18.9 Å². The van der Waals surface area contributed by atoms with E-state index in [0.29, 0.717) is 13.0 Å². The summed E-state index contributed by atoms with van der Waals surface area (Å²) in [6.45, 7) is 2.72. The third-order valence-electron chi connectivity index (χ3n) is 7.97. The Morgan fingerprint density at radius 2 is 2.06 bits per heavy atom. The lowest BCUT2D eigenvalue weighted by atomic mass is 9.56. The van der Waals surface area contributed by atoms with E-state index >= 15 is 0 Å². The highest BCUT2D eigenvalue weighted by Gasteiger charge is 2.57. The minimum absolute atomic E-state index is 0.232. The highest BCUT2D eigenvalue weighted by atomic mass is 19.1. The van der Waals surface area contributed by atoms with Crippen molar-refractivity contribution in [2.24, 2.45) is 5.92 Å². The largest absolute Gasteiger partial charge is 0.497 e. The molecule has 3 aromatic rings. The maximum absolute atomic E-state index is 14.1. The van der Waals surface area contributed by atoms with Crippen molar-refractivity contribution in [1.82, 2.24) is 9.88 Å². The fourth-order valence-electron chi connectivity index (χ4n) is 6.14. The van der Waals surface area contributed by atoms with E-state index in [2.05, 4.69) is 22.0 Å². The number of likely N-dealkylation sites (tertiary alicyclic amines) is 1. The van der Waals surface area contributed by atoms with Gasteiger partial charge in [0.2, 0.25) is 0 Å². The lowest BCUT2D eigenvalue weighted by Gasteiger charge is -2.56. The van der Waals surface area contributed by atoms with Crippen LogP contribution in [0.3, 0.4) is 0 Å². The molecule has 2 fully saturated rings. The van der Waals surface area contributed by atoms with Crippen molar-refractivity contribution in [2.75, 3.05) is 26.7 Å². The number of piperidine rings is 1. The van der Waals surface area contributed by atoms with Crippen molar-refractivity contribution < 1.29 is 14.2 Å². The van der Waals surface area contributed by atoms with E-state index in [-0.39, 0.29) is 5.82 Å². The minimum atomic E-state index is -0.916. The standard InChI is InChI=1S/C26H29FN2O2/c1-31-20-4-2-3-18(11-20)25-9-10-29(15-17-5-6-17)16-26(25,30)13-22-21-12-19(27)7-8-23(21)28-24(22)14-25/h2-4,7-8,11-12,17,28,30H,5-6,9-10,13-16H2,1H3. The van der Waals surface area contributed by atoms with Crippen LogP contribution in [0.25, 0.3) is 10.9 Å². The van der Waals surface area contributed by atoms with E-state index in [0.717, 1.165) is 65.3 Å². The summed E-state index contributed by atoms with van der Waals surface area (Å²) in [7, 11) is 1.69. The summed E-state index contributed by atoms with van der Waals surface area (Å²) in [4.78, 5) is 6.00. The quantitative estimate of drug-likeness (QED) is 0.665. The number of β-amino-alcohol motifs (C(OH)–C–C–N with tert-alkyl or cyclic N) is 1. The number of fused-ring (bicyclic) bond motifs is 4. The number of aliphatic hydroxyl groups is 1. The first-order valence-electron chi connectivity index (χ1n) is 11.4. The average Bonchev–Trinajstić information content (AvgIpc) is 3.52. The molecule has 6 rings (SSSR count). The molecule has 1 aromatic heterocycles. The minimum Gasteiger partial charge on any atom is -0.497 e. The van der Waals surface area contributed by atoms with Crippen LogP contribution >= 0.6 is 0 Å². The van der Waals surface area contributed by atoms with Crippen molar-refractivity contribution in [3.8, 4) is 5.75 Å². The van der Waals surface area contributed by atoms with Gasteiger partial charge in [-0.3, -0.25) is 0 Å². The molecule has 0 amide bonds. The van der Waals surface area contributed by atoms with Gasteiger partial charge < -0.3 is 19.7 Å². The van der Waals surface area contributed by atoms with Gasteiger partial charge in [-0.1, -0.05) is 12.1 Å². The number of methoxy groups -OCH3 is 1. The van der Waals surface area contributed by atoms with Crippen molar-refractivity contribution in [2.45, 2.75) is 43.1 Å². The fraction of sp³-hybridized carbons (Fsp3) is 0.462. The molecule has 1 saturated carbocycles. The van der Waals surface area contributed by atoms with Crippen molar-refractivity contribution in [3.05, 3.63) is 65.1 Å². The Morgan fingerprint density at radius 1 is 1.19 bits per heavy atom. The Morgan fingerprint density at radius 3 is 2.87 bits per heavy atom. The van der Waals surface area contributed by atoms with Crippen molar-refractivity contribution >= 4 is 10.9 Å². The smallest absolute Gasteiger partial charge is 0.123 e. The molecule has 4 nitrogen and oxygen atoms in total. The lowest BCUT2D eigenvalue weighted by Crippen LogP contribution is -2.66. The molecule has 1 aliphatic heterocycles. The molecule has 31 heavy (non-hydrogen) atoms. The van der Waals surface area contributed by atoms with Gasteiger partial charge in [0.25, 0.3) is 0 Å². The molecule has 0 radical (unpaired) electrons. The molecule has 162 valence electrons. The fourth-order valence-corrected chi connectivity index (χ4v) is 6.14. The first kappa shape index (κ1) is 19.3. The molecule has 2 N–H and O–H groups in total. The molecule has 0 spiro atoms. The number of hydrogen-bond donors (Lipinski definition) is 2. The van der Waals surface area contributed by atoms with E-state index in [4.69, 9.17) is 4.74 Å². The van der Waals surface area contributed by atoms with Gasteiger partial charge >= 0.3 is 0 Å². The lowest BCUT2D eigenvalue weighted by molar-refractivity contribution is -0.103. The van der Waals surface area contributed by atoms with Crippen LogP contribution in [0, 0.1) is 11.7 Å². The predicted molar refractivity (Wildman–Crippen MR) is 119 cm³/mol. The number of nitrogens with one attached hydrogen (secondary N) is 1. The average molecular weight is 421 g/mol. The van der Waals surface area contributed by atoms with Crippen molar-refractivity contribution in [3.63, 3.8) is 0 Å². The van der Waals surface area contributed by atoms with Gasteiger partial charge in [0.05, 0.1) is 12.7 Å². The Bertz CT molecular complexity index is 1150. The van der Waals surface area contributed by atoms with Crippen LogP contribution in [-0.2, 0) is 18.3 Å². The summed E-state index contributed by atoms with van der Waals surface area (Å²) in [5.41, 5.74) is 2.97. The van der Waals surface area contributed by atoms with Crippen LogP contribution in [0.15, 0.2) is 42.5 Å². The predicted octanol–water partition coefficient (Wildman–Crippen LogP) is 4.20. The van der Waals surface area contributed by atoms with Gasteiger partial charge in [-0.2, -0.15) is 0 Å². The zero-order valence-electron chi connectivity index (χ0n) is 18.0. The zero-order chi connectivity index (χ0) is 21.2. The second-order valence-corrected chi connectivity index (χ2v) is 9.90. The summed E-state index contributed by atoms with van der Waals surface area (Å²) < 4.78 is 19.6. The van der Waals surface area contributed by atoms with Crippen LogP contribution in [-0.4, -0.2) is 47.3 Å². The monoisotopic (exact) mass is 420 g/mol. The van der Waals surface area contributed by atoms with Gasteiger partial charge in [0.1, 0.15) is 11.6 Å². The topological polar surface area (TPSA) is 48.5 Å². The summed E-state index contributed by atoms with van der Waals surface area (Å²) in [5, 5.41) is 13.3. The Kier molecular flexibility index (Phi) is 4.25. The van der Waals surface area contributed by atoms with Crippen LogP contribution in [0.4, 0.5) is 4.39 Å². The van der Waals surface area contributed by atoms with Gasteiger partial charge in [-0.25, -0.2) is 4.39 Å². The normalized spacial score (nSPS) is 28.4. The molecule has 2 unspecified atom stereocenters. The van der Waals surface area contributed by atoms with Crippen LogP contribution in [0.2, 0.25) is 0 Å². The number of H-pyrrole nitrogens is 1. The summed E-state index contributed by atoms with van der Waals surface area (Å²) in [6, 6.07) is 13.1. The van der Waals surface area contributed by atoms with Crippen LogP contribution in [0.5, 0.6) is 5.75 Å². The molecule has 1 saturated heterocycles. The Labute approximate surface area is 182 Å². The molecule has 3 aliphatic rings. The third kappa shape index (κ3) is 3.01. The van der Waals surface area contributed by atoms with Crippen LogP contribution < -0.4 is 4.74 Å². The second-order valence-electron chi connectivity index (χ2n) is 9.90. The highest BCUT2D eigenvalue weighted by Crippen LogP contribution is 2.52. The molecule has 0 bridgehead atoms. The number of aromatic amines is 1. The van der Waals surface area contributed by atoms with E-state index in [9.17, 15) is 9.50 Å². The van der Waals surface area contributed by atoms with Gasteiger partial charge in [0.15, 0.2) is 0 Å². The van der Waals surface area contributed by atoms with Gasteiger partial charge in [-0.15, -0.1) is 0 Å². The number of benzene rings is 2. The summed E-state index contributed by atoms with van der Waals surface area (Å²) in [6.07, 6.45) is 4.76. The number of halogens is 1. The molecule has 2 heterocycles. The third-order valence-corrected chi connectivity index (χ3v) is 7.97. The maximum Gasteiger partial charge on any atom is 0.123 e. The summed E-state index contributed by atoms with van der Waals surface area (Å²) >= 11 is 0. The molecular formula is C26H29FN2O2. The number of rotatable bonds is 4. The number of aromatic nitrogens is 1. The molecule has 5 heteroatoms. The van der Waals surface area contributed by atoms with Gasteiger partial charge in [-0.05, 0) is 73.2 Å². The van der Waals surface area contributed by atoms with E-state index in [1.807, 2.05) is 18.2 Å².